The molecule has 0 fully saturated rings. The van der Waals surface area contributed by atoms with E-state index in [9.17, 15) is 8.78 Å². The SMILES string of the molecule is Cn1cc(-c2cnc3c(c2)ncn3-c2cc(N)cc(-c3ccc(F)cc3F)c2)cn1. The average molecular weight is 402 g/mol. The fraction of sp³-hybridized carbons (Fsp3) is 0.0455. The third kappa shape index (κ3) is 3.08. The molecule has 0 saturated heterocycles. The van der Waals surface area contributed by atoms with Gasteiger partial charge in [0.05, 0.1) is 11.9 Å². The molecule has 3 aromatic heterocycles. The Balaban J connectivity index is 1.61. The number of hydrogen-bond acceptors (Lipinski definition) is 4. The van der Waals surface area contributed by atoms with Gasteiger partial charge >= 0.3 is 0 Å². The zero-order valence-corrected chi connectivity index (χ0v) is 15.9. The summed E-state index contributed by atoms with van der Waals surface area (Å²) in [4.78, 5) is 9.02. The Morgan fingerprint density at radius 3 is 2.53 bits per heavy atom. The Morgan fingerprint density at radius 1 is 0.900 bits per heavy atom. The normalized spacial score (nSPS) is 11.3. The first-order chi connectivity index (χ1) is 14.5. The van der Waals surface area contributed by atoms with Gasteiger partial charge in [0.25, 0.3) is 0 Å². The Bertz CT molecular complexity index is 1400. The highest BCUT2D eigenvalue weighted by molar-refractivity contribution is 5.80. The third-order valence-corrected chi connectivity index (χ3v) is 4.89. The molecule has 3 heterocycles. The van der Waals surface area contributed by atoms with Crippen molar-refractivity contribution in [2.45, 2.75) is 0 Å². The second-order valence-electron chi connectivity index (χ2n) is 7.02. The fourth-order valence-corrected chi connectivity index (χ4v) is 3.47. The summed E-state index contributed by atoms with van der Waals surface area (Å²) in [7, 11) is 1.85. The van der Waals surface area contributed by atoms with E-state index < -0.39 is 11.6 Å². The van der Waals surface area contributed by atoms with Crippen LogP contribution < -0.4 is 5.73 Å². The highest BCUT2D eigenvalue weighted by Crippen LogP contribution is 2.30. The lowest BCUT2D eigenvalue weighted by atomic mass is 10.0. The molecule has 2 N–H and O–H groups in total. The predicted molar refractivity (Wildman–Crippen MR) is 111 cm³/mol. The van der Waals surface area contributed by atoms with Crippen LogP contribution in [-0.2, 0) is 7.05 Å². The molecule has 0 amide bonds. The van der Waals surface area contributed by atoms with Crippen LogP contribution in [0.4, 0.5) is 14.5 Å². The van der Waals surface area contributed by atoms with Crippen molar-refractivity contribution in [1.82, 2.24) is 24.3 Å². The molecule has 0 atom stereocenters. The van der Waals surface area contributed by atoms with Gasteiger partial charge in [-0.2, -0.15) is 5.10 Å². The Labute approximate surface area is 170 Å². The Morgan fingerprint density at radius 2 is 1.77 bits per heavy atom. The maximum absolute atomic E-state index is 14.3. The number of fused-ring (bicyclic) bond motifs is 1. The van der Waals surface area contributed by atoms with Crippen LogP contribution in [0.1, 0.15) is 0 Å². The summed E-state index contributed by atoms with van der Waals surface area (Å²) in [6.45, 7) is 0. The number of hydrogen-bond donors (Lipinski definition) is 1. The van der Waals surface area contributed by atoms with Crippen LogP contribution in [0.3, 0.4) is 0 Å². The van der Waals surface area contributed by atoms with Gasteiger partial charge in [0.15, 0.2) is 5.65 Å². The van der Waals surface area contributed by atoms with E-state index in [0.29, 0.717) is 28.1 Å². The fourth-order valence-electron chi connectivity index (χ4n) is 3.47. The molecule has 0 aliphatic rings. The number of halogens is 2. The molecule has 0 unspecified atom stereocenters. The van der Waals surface area contributed by atoms with Gasteiger partial charge in [-0.1, -0.05) is 0 Å². The number of imidazole rings is 1. The van der Waals surface area contributed by atoms with Crippen molar-refractivity contribution in [1.29, 1.82) is 0 Å². The third-order valence-electron chi connectivity index (χ3n) is 4.89. The number of nitrogens with two attached hydrogens (primary N) is 1. The minimum absolute atomic E-state index is 0.265. The molecule has 5 rings (SSSR count). The van der Waals surface area contributed by atoms with E-state index in [4.69, 9.17) is 5.73 Å². The molecular formula is C22H16F2N6. The van der Waals surface area contributed by atoms with Crippen LogP contribution in [0.15, 0.2) is 67.4 Å². The van der Waals surface area contributed by atoms with Crippen molar-refractivity contribution >= 4 is 16.9 Å². The first kappa shape index (κ1) is 18.0. The predicted octanol–water partition coefficient (Wildman–Crippen LogP) is 4.35. The van der Waals surface area contributed by atoms with Crippen LogP contribution >= 0.6 is 0 Å². The summed E-state index contributed by atoms with van der Waals surface area (Å²) in [6, 6.07) is 10.6. The summed E-state index contributed by atoms with van der Waals surface area (Å²) in [5, 5.41) is 4.18. The summed E-state index contributed by atoms with van der Waals surface area (Å²) < 4.78 is 31.1. The molecule has 5 aromatic rings. The lowest BCUT2D eigenvalue weighted by Crippen LogP contribution is -1.98. The van der Waals surface area contributed by atoms with Gasteiger partial charge < -0.3 is 5.73 Å². The average Bonchev–Trinajstić information content (AvgIpc) is 3.33. The Hall–Kier alpha value is -4.07. The first-order valence-corrected chi connectivity index (χ1v) is 9.16. The monoisotopic (exact) mass is 402 g/mol. The van der Waals surface area contributed by atoms with E-state index in [2.05, 4.69) is 15.1 Å². The molecule has 0 bridgehead atoms. The lowest BCUT2D eigenvalue weighted by molar-refractivity contribution is 0.585. The number of aromatic nitrogens is 5. The molecule has 148 valence electrons. The van der Waals surface area contributed by atoms with E-state index in [-0.39, 0.29) is 5.56 Å². The summed E-state index contributed by atoms with van der Waals surface area (Å²) in [5.74, 6) is -1.28. The van der Waals surface area contributed by atoms with Crippen molar-refractivity contribution < 1.29 is 8.78 Å². The summed E-state index contributed by atoms with van der Waals surface area (Å²) in [5.41, 5.74) is 11.2. The van der Waals surface area contributed by atoms with Gasteiger partial charge in [0.2, 0.25) is 0 Å². The molecule has 0 radical (unpaired) electrons. The first-order valence-electron chi connectivity index (χ1n) is 9.16. The quantitative estimate of drug-likeness (QED) is 0.456. The van der Waals surface area contributed by atoms with E-state index in [1.165, 1.54) is 12.1 Å². The molecule has 0 aliphatic heterocycles. The smallest absolute Gasteiger partial charge is 0.164 e. The molecule has 0 spiro atoms. The number of benzene rings is 2. The van der Waals surface area contributed by atoms with Gasteiger partial charge in [-0.15, -0.1) is 0 Å². The molecule has 0 aliphatic carbocycles. The van der Waals surface area contributed by atoms with E-state index in [1.54, 1.807) is 46.2 Å². The minimum Gasteiger partial charge on any atom is -0.399 e. The molecular weight excluding hydrogens is 386 g/mol. The van der Waals surface area contributed by atoms with Crippen molar-refractivity contribution in [3.05, 3.63) is 79.0 Å². The van der Waals surface area contributed by atoms with Gasteiger partial charge in [0, 0.05) is 47.9 Å². The number of nitrogens with zero attached hydrogens (tertiary/aromatic N) is 5. The number of nitrogen functional groups attached to an aromatic ring is 1. The molecule has 2 aromatic carbocycles. The standard InChI is InChI=1S/C22H16F2N6/c1-29-11-15(10-28-29)14-6-21-22(26-9-14)30(12-27-21)18-5-13(4-17(25)8-18)19-3-2-16(23)7-20(19)24/h2-12H,25H2,1H3. The second-order valence-corrected chi connectivity index (χ2v) is 7.02. The van der Waals surface area contributed by atoms with Crippen molar-refractivity contribution in [2.24, 2.45) is 7.05 Å². The topological polar surface area (TPSA) is 74.5 Å². The number of rotatable bonds is 3. The second kappa shape index (κ2) is 6.77. The highest BCUT2D eigenvalue weighted by Gasteiger charge is 2.13. The lowest BCUT2D eigenvalue weighted by Gasteiger charge is -2.10. The molecule has 8 heteroatoms. The number of pyridine rings is 1. The molecule has 0 saturated carbocycles. The maximum atomic E-state index is 14.3. The largest absolute Gasteiger partial charge is 0.399 e. The van der Waals surface area contributed by atoms with E-state index >= 15 is 0 Å². The zero-order valence-electron chi connectivity index (χ0n) is 15.9. The van der Waals surface area contributed by atoms with Crippen molar-refractivity contribution in [3.8, 4) is 27.9 Å². The van der Waals surface area contributed by atoms with Crippen molar-refractivity contribution in [2.75, 3.05) is 5.73 Å². The number of anilines is 1. The van der Waals surface area contributed by atoms with Crippen molar-refractivity contribution in [3.63, 3.8) is 0 Å². The van der Waals surface area contributed by atoms with Gasteiger partial charge in [-0.25, -0.2) is 18.7 Å². The highest BCUT2D eigenvalue weighted by atomic mass is 19.1. The van der Waals surface area contributed by atoms with Crippen LogP contribution in [0, 0.1) is 11.6 Å². The van der Waals surface area contributed by atoms with Gasteiger partial charge in [-0.3, -0.25) is 9.25 Å². The van der Waals surface area contributed by atoms with E-state index in [0.717, 1.165) is 17.2 Å². The van der Waals surface area contributed by atoms with Crippen LogP contribution in [0.2, 0.25) is 0 Å². The number of aryl methyl sites for hydroxylation is 1. The minimum atomic E-state index is -0.652. The molecule has 30 heavy (non-hydrogen) atoms. The van der Waals surface area contributed by atoms with Gasteiger partial charge in [-0.05, 0) is 42.0 Å². The van der Waals surface area contributed by atoms with Crippen LogP contribution in [0.25, 0.3) is 39.1 Å². The maximum Gasteiger partial charge on any atom is 0.164 e. The summed E-state index contributed by atoms with van der Waals surface area (Å²) in [6.07, 6.45) is 7.07. The van der Waals surface area contributed by atoms with Crippen LogP contribution in [-0.4, -0.2) is 24.3 Å². The van der Waals surface area contributed by atoms with E-state index in [1.807, 2.05) is 19.3 Å². The van der Waals surface area contributed by atoms with Gasteiger partial charge in [0.1, 0.15) is 23.5 Å². The summed E-state index contributed by atoms with van der Waals surface area (Å²) >= 11 is 0. The Kier molecular flexibility index (Phi) is 4.06. The zero-order chi connectivity index (χ0) is 20.8. The molecule has 6 nitrogen and oxygen atoms in total. The van der Waals surface area contributed by atoms with Crippen LogP contribution in [0.5, 0.6) is 0 Å².